The van der Waals surface area contributed by atoms with E-state index < -0.39 is 23.3 Å². The Morgan fingerprint density at radius 1 is 1.12 bits per heavy atom. The Hall–Kier alpha value is -4.69. The first-order chi connectivity index (χ1) is 28.9. The number of nitrogens with zero attached hydrogens (tertiary/aromatic N) is 8. The van der Waals surface area contributed by atoms with Crippen LogP contribution in [0.25, 0.3) is 32.1 Å². The van der Waals surface area contributed by atoms with Gasteiger partial charge in [-0.15, -0.1) is 11.3 Å². The number of carbonyl (C=O) groups excluding carboxylic acids is 1. The van der Waals surface area contributed by atoms with Gasteiger partial charge in [0, 0.05) is 73.1 Å². The summed E-state index contributed by atoms with van der Waals surface area (Å²) in [5.74, 6) is -0.935. The molecule has 60 heavy (non-hydrogen) atoms. The van der Waals surface area contributed by atoms with Crippen molar-refractivity contribution < 1.29 is 27.4 Å². The molecule has 1 saturated carbocycles. The summed E-state index contributed by atoms with van der Waals surface area (Å²) in [5, 5.41) is 10.7. The van der Waals surface area contributed by atoms with Gasteiger partial charge in [-0.3, -0.25) is 9.47 Å². The van der Waals surface area contributed by atoms with Gasteiger partial charge in [-0.1, -0.05) is 24.1 Å². The van der Waals surface area contributed by atoms with Gasteiger partial charge in [-0.2, -0.15) is 15.2 Å². The minimum atomic E-state index is -0.970. The van der Waals surface area contributed by atoms with Gasteiger partial charge < -0.3 is 25.0 Å². The van der Waals surface area contributed by atoms with Crippen molar-refractivity contribution in [3.63, 3.8) is 0 Å². The second kappa shape index (κ2) is 14.5. The van der Waals surface area contributed by atoms with Crippen LogP contribution in [-0.4, -0.2) is 106 Å². The summed E-state index contributed by atoms with van der Waals surface area (Å²) in [6, 6.07) is 6.00. The second-order valence-corrected chi connectivity index (χ2v) is 19.1. The summed E-state index contributed by atoms with van der Waals surface area (Å²) in [5.41, 5.74) is 5.99. The monoisotopic (exact) mass is 859 g/mol. The molecule has 10 rings (SSSR count). The SMILES string of the molecule is COCC1([C@H]2N(C(=O)n3cnc(C)c3)C[C@]23CCCCN(c2nc(OC[C@@]45CCCN4C[C@H](F)C5)nc4c(F)c(-c5ccc(F)c6sc(N)c(C#N)c56)c(Cl)cc24)C3)CC1. The zero-order valence-corrected chi connectivity index (χ0v) is 35.0. The molecule has 4 aliphatic heterocycles. The maximum Gasteiger partial charge on any atom is 0.329 e. The fourth-order valence-electron chi connectivity index (χ4n) is 11.2. The van der Waals surface area contributed by atoms with Crippen molar-refractivity contribution in [1.82, 2.24) is 29.3 Å². The molecule has 1 aliphatic carbocycles. The lowest BCUT2D eigenvalue weighted by atomic mass is 9.62. The second-order valence-electron chi connectivity index (χ2n) is 17.7. The molecule has 1 amide bonds. The number of aromatic nitrogens is 4. The number of imidazole rings is 1. The molecule has 0 radical (unpaired) electrons. The highest BCUT2D eigenvalue weighted by molar-refractivity contribution is 7.23. The van der Waals surface area contributed by atoms with Crippen molar-refractivity contribution >= 4 is 60.8 Å². The molecule has 5 aliphatic rings. The number of halogens is 4. The molecule has 12 nitrogen and oxygen atoms in total. The predicted molar refractivity (Wildman–Crippen MR) is 223 cm³/mol. The standard InChI is InChI=1S/C43H45ClF3N9O3S/c1-24-17-54(23-50-24)40(57)56-20-42(38(56)41(10-11-41)21-58-2)8-3-4-12-53(19-42)37-27-14-29(44)32(26-6-7-30(46)35-31(26)28(16-48)36(49)60-35)33(47)34(27)51-39(52-37)59-22-43-9-5-13-55(43)18-25(45)15-43/h6-7,14,17,23,25,38H,3-5,8-13,15,18-22,49H2,1-2H3/t25-,38-,42-,43+/m1/s1. The van der Waals surface area contributed by atoms with E-state index in [-0.39, 0.29) is 77.8 Å². The number of methoxy groups -OCH3 is 1. The van der Waals surface area contributed by atoms with Crippen molar-refractivity contribution in [1.29, 1.82) is 5.26 Å². The zero-order chi connectivity index (χ0) is 41.7. The van der Waals surface area contributed by atoms with Gasteiger partial charge in [0.2, 0.25) is 0 Å². The Morgan fingerprint density at radius 3 is 2.70 bits per heavy atom. The van der Waals surface area contributed by atoms with E-state index in [0.29, 0.717) is 50.4 Å². The average Bonchev–Trinajstić information content (AvgIpc) is 3.39. The molecule has 4 atom stereocenters. The Balaban J connectivity index is 1.10. The van der Waals surface area contributed by atoms with Gasteiger partial charge in [0.05, 0.1) is 39.2 Å². The summed E-state index contributed by atoms with van der Waals surface area (Å²) in [7, 11) is 1.70. The molecule has 314 valence electrons. The van der Waals surface area contributed by atoms with Crippen LogP contribution in [0.15, 0.2) is 30.7 Å². The Bertz CT molecular complexity index is 2610. The molecule has 5 aromatic rings. The maximum atomic E-state index is 17.6. The quantitative estimate of drug-likeness (QED) is 0.163. The number of benzene rings is 2. The minimum Gasteiger partial charge on any atom is -0.461 e. The number of likely N-dealkylation sites (tertiary alicyclic amines) is 1. The largest absolute Gasteiger partial charge is 0.461 e. The topological polar surface area (TPSA) is 139 Å². The van der Waals surface area contributed by atoms with Gasteiger partial charge in [-0.25, -0.2) is 22.9 Å². The van der Waals surface area contributed by atoms with E-state index in [1.165, 1.54) is 12.1 Å². The van der Waals surface area contributed by atoms with Crippen molar-refractivity contribution in [2.75, 3.05) is 63.7 Å². The van der Waals surface area contributed by atoms with Crippen LogP contribution in [0.2, 0.25) is 5.02 Å². The molecule has 2 aromatic carbocycles. The number of carbonyl (C=O) groups is 1. The maximum absolute atomic E-state index is 17.6. The van der Waals surface area contributed by atoms with E-state index >= 15 is 8.78 Å². The molecule has 4 saturated heterocycles. The van der Waals surface area contributed by atoms with E-state index in [0.717, 1.165) is 68.5 Å². The summed E-state index contributed by atoms with van der Waals surface area (Å²) in [6.45, 7) is 5.24. The fourth-order valence-corrected chi connectivity index (χ4v) is 12.5. The molecule has 0 unspecified atom stereocenters. The number of nitriles is 1. The zero-order valence-electron chi connectivity index (χ0n) is 33.4. The highest BCUT2D eigenvalue weighted by Crippen LogP contribution is 2.62. The smallest absolute Gasteiger partial charge is 0.329 e. The molecule has 5 fully saturated rings. The van der Waals surface area contributed by atoms with Crippen molar-refractivity contribution in [3.05, 3.63) is 58.6 Å². The number of hydrogen-bond acceptors (Lipinski definition) is 11. The van der Waals surface area contributed by atoms with Gasteiger partial charge in [0.1, 0.15) is 47.3 Å². The lowest BCUT2D eigenvalue weighted by molar-refractivity contribution is -0.0956. The van der Waals surface area contributed by atoms with Gasteiger partial charge in [0.25, 0.3) is 0 Å². The molecular weight excluding hydrogens is 815 g/mol. The first kappa shape index (κ1) is 39.4. The molecular formula is C43H45ClF3N9O3S. The predicted octanol–water partition coefficient (Wildman–Crippen LogP) is 8.11. The third-order valence-electron chi connectivity index (χ3n) is 13.9. The van der Waals surface area contributed by atoms with Crippen LogP contribution in [0.3, 0.4) is 0 Å². The number of rotatable bonds is 8. The third kappa shape index (κ3) is 6.13. The molecule has 7 heterocycles. The van der Waals surface area contributed by atoms with Crippen molar-refractivity contribution in [2.24, 2.45) is 10.8 Å². The van der Waals surface area contributed by atoms with Crippen LogP contribution in [0.4, 0.5) is 28.8 Å². The van der Waals surface area contributed by atoms with Crippen LogP contribution in [0, 0.1) is 40.7 Å². The Kier molecular flexibility index (Phi) is 9.51. The Morgan fingerprint density at radius 2 is 1.95 bits per heavy atom. The van der Waals surface area contributed by atoms with Crippen LogP contribution in [0.5, 0.6) is 6.01 Å². The van der Waals surface area contributed by atoms with Gasteiger partial charge in [-0.05, 0) is 69.7 Å². The normalized spacial score (nSPS) is 26.1. The number of amides is 1. The highest BCUT2D eigenvalue weighted by Gasteiger charge is 2.67. The summed E-state index contributed by atoms with van der Waals surface area (Å²) >= 11 is 7.99. The molecule has 0 bridgehead atoms. The van der Waals surface area contributed by atoms with Gasteiger partial charge >= 0.3 is 12.0 Å². The number of nitrogens with two attached hydrogens (primary N) is 1. The number of fused-ring (bicyclic) bond motifs is 3. The van der Waals surface area contributed by atoms with Crippen molar-refractivity contribution in [2.45, 2.75) is 76.0 Å². The van der Waals surface area contributed by atoms with Crippen molar-refractivity contribution in [3.8, 4) is 23.2 Å². The number of alkyl halides is 1. The minimum absolute atomic E-state index is 0.0241. The Labute approximate surface area is 354 Å². The van der Waals surface area contributed by atoms with Crippen LogP contribution >= 0.6 is 22.9 Å². The van der Waals surface area contributed by atoms with E-state index in [4.69, 9.17) is 36.8 Å². The molecule has 17 heteroatoms. The number of ether oxygens (including phenoxy) is 2. The lowest BCUT2D eigenvalue weighted by Gasteiger charge is -2.61. The lowest BCUT2D eigenvalue weighted by Crippen LogP contribution is -2.73. The van der Waals surface area contributed by atoms with E-state index in [1.807, 2.05) is 11.8 Å². The van der Waals surface area contributed by atoms with Crippen LogP contribution < -0.4 is 15.4 Å². The number of hydrogen-bond donors (Lipinski definition) is 1. The van der Waals surface area contributed by atoms with Gasteiger partial charge in [0.15, 0.2) is 5.82 Å². The average molecular weight is 860 g/mol. The fraction of sp³-hybridized carbons (Fsp3) is 0.512. The van der Waals surface area contributed by atoms with Crippen LogP contribution in [-0.2, 0) is 4.74 Å². The molecule has 3 aromatic heterocycles. The third-order valence-corrected chi connectivity index (χ3v) is 15.2. The van der Waals surface area contributed by atoms with E-state index in [1.54, 1.807) is 30.3 Å². The number of anilines is 2. The molecule has 2 N–H and O–H groups in total. The number of nitrogen functional groups attached to an aromatic ring is 1. The number of thiophene rings is 1. The van der Waals surface area contributed by atoms with E-state index in [2.05, 4.69) is 20.9 Å². The van der Waals surface area contributed by atoms with E-state index in [9.17, 15) is 14.4 Å². The number of aryl methyl sites for hydroxylation is 1. The summed E-state index contributed by atoms with van der Waals surface area (Å²) < 4.78 is 61.5. The molecule has 1 spiro atoms. The highest BCUT2D eigenvalue weighted by atomic mass is 35.5. The first-order valence-corrected chi connectivity index (χ1v) is 21.8. The first-order valence-electron chi connectivity index (χ1n) is 20.6. The van der Waals surface area contributed by atoms with Crippen LogP contribution in [0.1, 0.15) is 62.6 Å². The summed E-state index contributed by atoms with van der Waals surface area (Å²) in [4.78, 5) is 34.4. The summed E-state index contributed by atoms with van der Waals surface area (Å²) in [6.07, 6.45) is 8.80.